The summed E-state index contributed by atoms with van der Waals surface area (Å²) in [6, 6.07) is 9.90. The molecule has 5 nitrogen and oxygen atoms in total. The largest absolute Gasteiger partial charge is 0.433 e. The number of H-pyrrole nitrogens is 1. The molecule has 0 spiro atoms. The molecule has 2 N–H and O–H groups in total. The molecule has 0 bridgehead atoms. The molecule has 2 aromatic heterocycles. The lowest BCUT2D eigenvalue weighted by atomic mass is 10.1. The van der Waals surface area contributed by atoms with Crippen molar-refractivity contribution in [1.82, 2.24) is 20.3 Å². The zero-order valence-electron chi connectivity index (χ0n) is 16.3. The van der Waals surface area contributed by atoms with Crippen LogP contribution >= 0.6 is 11.6 Å². The van der Waals surface area contributed by atoms with Gasteiger partial charge >= 0.3 is 6.18 Å². The highest BCUT2D eigenvalue weighted by atomic mass is 35.5. The second-order valence-electron chi connectivity index (χ2n) is 7.22. The fourth-order valence-electron chi connectivity index (χ4n) is 2.82. The van der Waals surface area contributed by atoms with Gasteiger partial charge < -0.3 is 10.3 Å². The summed E-state index contributed by atoms with van der Waals surface area (Å²) in [7, 11) is 0. The van der Waals surface area contributed by atoms with E-state index in [0.29, 0.717) is 23.0 Å². The number of rotatable bonds is 6. The summed E-state index contributed by atoms with van der Waals surface area (Å²) in [4.78, 5) is 22.7. The van der Waals surface area contributed by atoms with E-state index in [0.717, 1.165) is 24.2 Å². The normalized spacial score (nSPS) is 11.8. The van der Waals surface area contributed by atoms with Gasteiger partial charge in [-0.1, -0.05) is 37.6 Å². The number of aromatic amines is 1. The first-order valence-electron chi connectivity index (χ1n) is 9.29. The molecule has 0 aliphatic rings. The van der Waals surface area contributed by atoms with Crippen molar-refractivity contribution in [3.63, 3.8) is 0 Å². The third-order valence-electron chi connectivity index (χ3n) is 4.21. The number of hydrogen-bond acceptors (Lipinski definition) is 4. The van der Waals surface area contributed by atoms with Crippen molar-refractivity contribution in [2.75, 3.05) is 6.54 Å². The number of nitrogens with zero attached hydrogens (tertiary/aromatic N) is 2. The van der Waals surface area contributed by atoms with Crippen LogP contribution in [-0.4, -0.2) is 21.5 Å². The third-order valence-corrected chi connectivity index (χ3v) is 4.54. The Labute approximate surface area is 176 Å². The van der Waals surface area contributed by atoms with E-state index in [2.05, 4.69) is 34.1 Å². The minimum atomic E-state index is -4.60. The molecular formula is C21H20ClF3N4O. The molecule has 0 aliphatic heterocycles. The first kappa shape index (κ1) is 22.0. The van der Waals surface area contributed by atoms with Gasteiger partial charge in [0.25, 0.3) is 5.56 Å². The molecule has 0 radical (unpaired) electrons. The van der Waals surface area contributed by atoms with Crippen molar-refractivity contribution in [3.8, 4) is 22.8 Å². The molecular weight excluding hydrogens is 417 g/mol. The van der Waals surface area contributed by atoms with Gasteiger partial charge in [0.05, 0.1) is 16.4 Å². The van der Waals surface area contributed by atoms with Gasteiger partial charge in [-0.25, -0.2) is 9.97 Å². The predicted molar refractivity (Wildman–Crippen MR) is 110 cm³/mol. The molecule has 0 aliphatic carbocycles. The molecule has 0 amide bonds. The van der Waals surface area contributed by atoms with Gasteiger partial charge in [0.15, 0.2) is 0 Å². The van der Waals surface area contributed by atoms with E-state index >= 15 is 0 Å². The van der Waals surface area contributed by atoms with Gasteiger partial charge in [0.2, 0.25) is 0 Å². The maximum Gasteiger partial charge on any atom is 0.433 e. The highest BCUT2D eigenvalue weighted by Gasteiger charge is 2.32. The maximum atomic E-state index is 13.0. The van der Waals surface area contributed by atoms with Crippen LogP contribution in [-0.2, 0) is 12.7 Å². The predicted octanol–water partition coefficient (Wildman–Crippen LogP) is 4.92. The van der Waals surface area contributed by atoms with Crippen molar-refractivity contribution in [2.24, 2.45) is 5.92 Å². The fourth-order valence-corrected chi connectivity index (χ4v) is 3.03. The number of aromatic nitrogens is 3. The first-order chi connectivity index (χ1) is 14.1. The van der Waals surface area contributed by atoms with E-state index < -0.39 is 17.4 Å². The summed E-state index contributed by atoms with van der Waals surface area (Å²) in [6.45, 7) is 5.63. The third kappa shape index (κ3) is 5.46. The van der Waals surface area contributed by atoms with Crippen LogP contribution < -0.4 is 10.9 Å². The molecule has 0 saturated heterocycles. The monoisotopic (exact) mass is 436 g/mol. The van der Waals surface area contributed by atoms with Crippen LogP contribution in [0.15, 0.2) is 47.3 Å². The molecule has 3 rings (SSSR count). The molecule has 0 unspecified atom stereocenters. The van der Waals surface area contributed by atoms with E-state index in [1.807, 2.05) is 6.07 Å². The second kappa shape index (κ2) is 8.97. The van der Waals surface area contributed by atoms with Crippen LogP contribution in [0.25, 0.3) is 22.8 Å². The molecule has 1 aromatic carbocycles. The molecule has 0 fully saturated rings. The number of halogens is 4. The number of hydrogen-bond donors (Lipinski definition) is 2. The minimum Gasteiger partial charge on any atom is -0.312 e. The summed E-state index contributed by atoms with van der Waals surface area (Å²) >= 11 is 6.30. The van der Waals surface area contributed by atoms with Gasteiger partial charge in [0.1, 0.15) is 11.5 Å². The number of nitrogens with one attached hydrogen (secondary N) is 2. The zero-order valence-corrected chi connectivity index (χ0v) is 17.1. The molecule has 3 aromatic rings. The molecule has 158 valence electrons. The Morgan fingerprint density at radius 2 is 1.87 bits per heavy atom. The minimum absolute atomic E-state index is 0.0271. The summed E-state index contributed by atoms with van der Waals surface area (Å²) in [5.74, 6) is 0.652. The Bertz CT molecular complexity index is 1100. The van der Waals surface area contributed by atoms with Crippen LogP contribution in [0.4, 0.5) is 13.2 Å². The smallest absolute Gasteiger partial charge is 0.312 e. The van der Waals surface area contributed by atoms with Crippen molar-refractivity contribution < 1.29 is 13.2 Å². The summed E-state index contributed by atoms with van der Waals surface area (Å²) in [5.41, 5.74) is -0.192. The van der Waals surface area contributed by atoms with Gasteiger partial charge in [-0.2, -0.15) is 13.2 Å². The number of benzene rings is 1. The first-order valence-corrected chi connectivity index (χ1v) is 9.67. The highest BCUT2D eigenvalue weighted by molar-refractivity contribution is 6.33. The standard InChI is InChI=1S/C21H20ClF3N4O/c1-12(2)10-26-11-13-6-7-15(22)14(8-13)20-28-17(9-19(30)29-20)16-4-3-5-18(27-16)21(23,24)25/h3-9,12,26H,10-11H2,1-2H3,(H,28,29,30). The topological polar surface area (TPSA) is 70.7 Å². The average molecular weight is 437 g/mol. The second-order valence-corrected chi connectivity index (χ2v) is 7.63. The SMILES string of the molecule is CC(C)CNCc1ccc(Cl)c(-c2nc(-c3cccc(C(F)(F)F)n3)cc(=O)[nH]2)c1. The van der Waals surface area contributed by atoms with Crippen LogP contribution in [0.5, 0.6) is 0 Å². The van der Waals surface area contributed by atoms with Crippen LogP contribution in [0.2, 0.25) is 5.02 Å². The number of alkyl halides is 3. The summed E-state index contributed by atoms with van der Waals surface area (Å²) < 4.78 is 38.9. The van der Waals surface area contributed by atoms with Crippen molar-refractivity contribution in [2.45, 2.75) is 26.6 Å². The van der Waals surface area contributed by atoms with Crippen LogP contribution in [0, 0.1) is 5.92 Å². The lowest BCUT2D eigenvalue weighted by molar-refractivity contribution is -0.141. The summed E-state index contributed by atoms with van der Waals surface area (Å²) in [6.07, 6.45) is -4.60. The molecule has 0 atom stereocenters. The van der Waals surface area contributed by atoms with E-state index in [1.165, 1.54) is 12.1 Å². The highest BCUT2D eigenvalue weighted by Crippen LogP contribution is 2.30. The Morgan fingerprint density at radius 1 is 1.10 bits per heavy atom. The molecule has 2 heterocycles. The Morgan fingerprint density at radius 3 is 2.57 bits per heavy atom. The quantitative estimate of drug-likeness (QED) is 0.575. The maximum absolute atomic E-state index is 13.0. The van der Waals surface area contributed by atoms with E-state index in [1.54, 1.807) is 12.1 Å². The summed E-state index contributed by atoms with van der Waals surface area (Å²) in [5, 5.41) is 3.68. The van der Waals surface area contributed by atoms with E-state index in [-0.39, 0.29) is 17.2 Å². The molecule has 9 heteroatoms. The zero-order chi connectivity index (χ0) is 21.9. The van der Waals surface area contributed by atoms with Crippen molar-refractivity contribution >= 4 is 11.6 Å². The Balaban J connectivity index is 1.99. The lowest BCUT2D eigenvalue weighted by Gasteiger charge is -2.11. The van der Waals surface area contributed by atoms with Gasteiger partial charge in [-0.3, -0.25) is 4.79 Å². The van der Waals surface area contributed by atoms with Gasteiger partial charge in [-0.05, 0) is 42.3 Å². The average Bonchev–Trinajstić information content (AvgIpc) is 2.68. The van der Waals surface area contributed by atoms with Gasteiger partial charge in [-0.15, -0.1) is 0 Å². The van der Waals surface area contributed by atoms with E-state index in [9.17, 15) is 18.0 Å². The number of pyridine rings is 1. The van der Waals surface area contributed by atoms with E-state index in [4.69, 9.17) is 11.6 Å². The lowest BCUT2D eigenvalue weighted by Crippen LogP contribution is -2.19. The Hall–Kier alpha value is -2.71. The van der Waals surface area contributed by atoms with Gasteiger partial charge in [0, 0.05) is 18.2 Å². The molecule has 30 heavy (non-hydrogen) atoms. The molecule has 0 saturated carbocycles. The fraction of sp³-hybridized carbons (Fsp3) is 0.286. The van der Waals surface area contributed by atoms with Crippen molar-refractivity contribution in [1.29, 1.82) is 0 Å². The van der Waals surface area contributed by atoms with Crippen LogP contribution in [0.1, 0.15) is 25.1 Å². The van der Waals surface area contributed by atoms with Crippen molar-refractivity contribution in [3.05, 3.63) is 69.1 Å². The van der Waals surface area contributed by atoms with Crippen LogP contribution in [0.3, 0.4) is 0 Å². The Kier molecular flexibility index (Phi) is 6.58.